The fourth-order valence-electron chi connectivity index (χ4n) is 1.65. The van der Waals surface area contributed by atoms with Crippen molar-refractivity contribution in [2.75, 3.05) is 5.32 Å². The summed E-state index contributed by atoms with van der Waals surface area (Å²) in [5, 5.41) is 2.34. The zero-order chi connectivity index (χ0) is 14.0. The van der Waals surface area contributed by atoms with E-state index in [0.717, 1.165) is 12.0 Å². The molecule has 100 valence electrons. The molecule has 0 aliphatic carbocycles. The maximum Gasteiger partial charge on any atom is 0.185 e. The van der Waals surface area contributed by atoms with Gasteiger partial charge < -0.3 is 5.32 Å². The highest BCUT2D eigenvalue weighted by atomic mass is 19.2. The minimum Gasteiger partial charge on any atom is -0.351 e. The van der Waals surface area contributed by atoms with Crippen LogP contribution in [-0.2, 0) is 6.42 Å². The van der Waals surface area contributed by atoms with E-state index in [-0.39, 0.29) is 6.07 Å². The zero-order valence-corrected chi connectivity index (χ0v) is 10.1. The van der Waals surface area contributed by atoms with E-state index in [0.29, 0.717) is 5.69 Å². The fraction of sp³-hybridized carbons (Fsp3) is 0.143. The highest BCUT2D eigenvalue weighted by Gasteiger charge is 2.19. The molecule has 0 bridgehead atoms. The summed E-state index contributed by atoms with van der Waals surface area (Å²) in [6.07, 6.45) is 0.817. The summed E-state index contributed by atoms with van der Waals surface area (Å²) in [5.41, 5.74) is 0.554. The average molecular weight is 269 g/mol. The van der Waals surface area contributed by atoms with Crippen molar-refractivity contribution in [3.63, 3.8) is 0 Å². The minimum atomic E-state index is -1.45. The van der Waals surface area contributed by atoms with E-state index < -0.39 is 29.0 Å². The minimum absolute atomic E-state index is 0.177. The van der Waals surface area contributed by atoms with Crippen molar-refractivity contribution in [2.45, 2.75) is 13.3 Å². The van der Waals surface area contributed by atoms with Gasteiger partial charge in [-0.3, -0.25) is 0 Å². The second-order valence-corrected chi connectivity index (χ2v) is 4.02. The number of hydrogen-bond acceptors (Lipinski definition) is 1. The van der Waals surface area contributed by atoms with Gasteiger partial charge in [0.05, 0.1) is 0 Å². The Hall–Kier alpha value is -2.04. The number of rotatable bonds is 3. The first-order valence-corrected chi connectivity index (χ1v) is 5.72. The van der Waals surface area contributed by atoms with Gasteiger partial charge in [-0.2, -0.15) is 0 Å². The monoisotopic (exact) mass is 269 g/mol. The summed E-state index contributed by atoms with van der Waals surface area (Å²) in [6.45, 7) is 1.96. The first-order chi connectivity index (χ1) is 9.02. The van der Waals surface area contributed by atoms with Crippen LogP contribution in [0.3, 0.4) is 0 Å². The first kappa shape index (κ1) is 13.4. The lowest BCUT2D eigenvalue weighted by molar-refractivity contribution is 0.459. The highest BCUT2D eigenvalue weighted by molar-refractivity contribution is 5.61. The predicted octanol–water partition coefficient (Wildman–Crippen LogP) is 4.55. The van der Waals surface area contributed by atoms with Crippen molar-refractivity contribution < 1.29 is 17.6 Å². The van der Waals surface area contributed by atoms with Crippen LogP contribution in [0.15, 0.2) is 30.3 Å². The second kappa shape index (κ2) is 5.30. The van der Waals surface area contributed by atoms with Crippen molar-refractivity contribution in [1.82, 2.24) is 0 Å². The lowest BCUT2D eigenvalue weighted by atomic mass is 10.1. The molecule has 1 N–H and O–H groups in total. The van der Waals surface area contributed by atoms with Gasteiger partial charge in [-0.1, -0.05) is 19.1 Å². The van der Waals surface area contributed by atoms with Gasteiger partial charge in [0.15, 0.2) is 23.3 Å². The lowest BCUT2D eigenvalue weighted by Crippen LogP contribution is -2.02. The number of anilines is 2. The van der Waals surface area contributed by atoms with E-state index in [9.17, 15) is 17.6 Å². The molecule has 0 aromatic heterocycles. The topological polar surface area (TPSA) is 12.0 Å². The van der Waals surface area contributed by atoms with Crippen LogP contribution in [0.1, 0.15) is 12.5 Å². The molecule has 0 saturated carbocycles. The maximum atomic E-state index is 13.4. The Balaban J connectivity index is 2.37. The molecule has 0 aliphatic rings. The van der Waals surface area contributed by atoms with E-state index in [2.05, 4.69) is 5.32 Å². The van der Waals surface area contributed by atoms with Gasteiger partial charge in [-0.25, -0.2) is 17.6 Å². The van der Waals surface area contributed by atoms with Crippen molar-refractivity contribution in [1.29, 1.82) is 0 Å². The molecule has 2 rings (SSSR count). The van der Waals surface area contributed by atoms with Crippen LogP contribution >= 0.6 is 0 Å². The van der Waals surface area contributed by atoms with Gasteiger partial charge >= 0.3 is 0 Å². The number of nitrogens with one attached hydrogen (secondary N) is 1. The second-order valence-electron chi connectivity index (χ2n) is 4.02. The van der Waals surface area contributed by atoms with E-state index in [4.69, 9.17) is 0 Å². The third-order valence-electron chi connectivity index (χ3n) is 2.74. The molecule has 0 fully saturated rings. The van der Waals surface area contributed by atoms with Crippen molar-refractivity contribution in [3.8, 4) is 0 Å². The number of halogens is 4. The van der Waals surface area contributed by atoms with Crippen LogP contribution in [0.25, 0.3) is 0 Å². The summed E-state index contributed by atoms with van der Waals surface area (Å²) in [4.78, 5) is 0. The summed E-state index contributed by atoms with van der Waals surface area (Å²) in [7, 11) is 0. The van der Waals surface area contributed by atoms with Crippen molar-refractivity contribution >= 4 is 11.4 Å². The average Bonchev–Trinajstić information content (AvgIpc) is 2.42. The van der Waals surface area contributed by atoms with Crippen molar-refractivity contribution in [2.24, 2.45) is 0 Å². The summed E-state index contributed by atoms with van der Waals surface area (Å²) >= 11 is 0. The largest absolute Gasteiger partial charge is 0.351 e. The molecule has 1 nitrogen and oxygen atoms in total. The Morgan fingerprint density at radius 1 is 0.895 bits per heavy atom. The van der Waals surface area contributed by atoms with Gasteiger partial charge in [0.2, 0.25) is 0 Å². The molecule has 0 spiro atoms. The third-order valence-corrected chi connectivity index (χ3v) is 2.74. The van der Waals surface area contributed by atoms with Gasteiger partial charge in [0, 0.05) is 11.8 Å². The molecule has 2 aromatic rings. The molecule has 19 heavy (non-hydrogen) atoms. The van der Waals surface area contributed by atoms with Crippen molar-refractivity contribution in [3.05, 3.63) is 59.2 Å². The van der Waals surface area contributed by atoms with Crippen LogP contribution in [0.4, 0.5) is 28.9 Å². The van der Waals surface area contributed by atoms with Crippen LogP contribution in [0.2, 0.25) is 0 Å². The molecule has 0 amide bonds. The van der Waals surface area contributed by atoms with E-state index in [1.54, 1.807) is 24.3 Å². The molecule has 0 saturated heterocycles. The van der Waals surface area contributed by atoms with Crippen LogP contribution in [-0.4, -0.2) is 0 Å². The Morgan fingerprint density at radius 2 is 1.42 bits per heavy atom. The van der Waals surface area contributed by atoms with Crippen LogP contribution in [0.5, 0.6) is 0 Å². The fourth-order valence-corrected chi connectivity index (χ4v) is 1.65. The molecule has 5 heteroatoms. The van der Waals surface area contributed by atoms with Crippen LogP contribution < -0.4 is 5.32 Å². The Bertz CT molecular complexity index is 567. The van der Waals surface area contributed by atoms with E-state index >= 15 is 0 Å². The molecule has 0 atom stereocenters. The molecule has 0 radical (unpaired) electrons. The van der Waals surface area contributed by atoms with Gasteiger partial charge in [0.1, 0.15) is 5.69 Å². The lowest BCUT2D eigenvalue weighted by Gasteiger charge is -2.10. The van der Waals surface area contributed by atoms with Gasteiger partial charge in [0.25, 0.3) is 0 Å². The number of benzene rings is 2. The number of aryl methyl sites for hydroxylation is 1. The van der Waals surface area contributed by atoms with E-state index in [1.807, 2.05) is 6.92 Å². The molecule has 0 unspecified atom stereocenters. The van der Waals surface area contributed by atoms with Crippen LogP contribution in [0, 0.1) is 23.3 Å². The summed E-state index contributed by atoms with van der Waals surface area (Å²) < 4.78 is 52.9. The van der Waals surface area contributed by atoms with Gasteiger partial charge in [-0.05, 0) is 24.1 Å². The zero-order valence-electron chi connectivity index (χ0n) is 10.1. The normalized spacial score (nSPS) is 10.6. The Labute approximate surface area is 107 Å². The van der Waals surface area contributed by atoms with Gasteiger partial charge in [-0.15, -0.1) is 0 Å². The molecular formula is C14H11F4N. The SMILES string of the molecule is CCc1ccc(Nc2c(F)c(F)cc(F)c2F)cc1. The Morgan fingerprint density at radius 3 is 1.89 bits per heavy atom. The predicted molar refractivity (Wildman–Crippen MR) is 65.4 cm³/mol. The molecular weight excluding hydrogens is 258 g/mol. The smallest absolute Gasteiger partial charge is 0.185 e. The quantitative estimate of drug-likeness (QED) is 0.636. The van der Waals surface area contributed by atoms with E-state index in [1.165, 1.54) is 0 Å². The molecule has 0 heterocycles. The Kier molecular flexibility index (Phi) is 3.74. The highest BCUT2D eigenvalue weighted by Crippen LogP contribution is 2.27. The summed E-state index contributed by atoms with van der Waals surface area (Å²) in [6, 6.07) is 6.86. The summed E-state index contributed by atoms with van der Waals surface area (Å²) in [5.74, 6) is -5.77. The maximum absolute atomic E-state index is 13.4. The molecule has 0 aliphatic heterocycles. The number of hydrogen-bond donors (Lipinski definition) is 1. The molecule has 2 aromatic carbocycles. The first-order valence-electron chi connectivity index (χ1n) is 5.72. The standard InChI is InChI=1S/C14H11F4N/c1-2-8-3-5-9(6-4-8)19-14-12(17)10(15)7-11(16)13(14)18/h3-7,19H,2H2,1H3. The third kappa shape index (κ3) is 2.70.